The highest BCUT2D eigenvalue weighted by Gasteiger charge is 2.31. The molecule has 0 fully saturated rings. The Kier molecular flexibility index (Phi) is 6.19. The van der Waals surface area contributed by atoms with Gasteiger partial charge in [0.25, 0.3) is 5.91 Å². The van der Waals surface area contributed by atoms with Crippen LogP contribution in [0.4, 0.5) is 8.78 Å². The number of benzene rings is 1. The highest BCUT2D eigenvalue weighted by molar-refractivity contribution is 9.10. The van der Waals surface area contributed by atoms with Crippen LogP contribution in [0.25, 0.3) is 0 Å². The minimum Gasteiger partial charge on any atom is -0.464 e. The second-order valence-corrected chi connectivity index (χ2v) is 6.05. The Morgan fingerprint density at radius 3 is 2.56 bits per heavy atom. The van der Waals surface area contributed by atoms with Crippen molar-refractivity contribution in [1.82, 2.24) is 9.88 Å². The molecule has 0 saturated carbocycles. The summed E-state index contributed by atoms with van der Waals surface area (Å²) < 4.78 is 32.4. The fourth-order valence-electron chi connectivity index (χ4n) is 2.27. The number of hydrogen-bond acceptors (Lipinski definition) is 4. The van der Waals surface area contributed by atoms with Gasteiger partial charge in [-0.25, -0.2) is 13.6 Å². The molecule has 1 atom stereocenters. The zero-order valence-electron chi connectivity index (χ0n) is 13.5. The van der Waals surface area contributed by atoms with Gasteiger partial charge in [-0.2, -0.15) is 0 Å². The Hall–Kier alpha value is -2.35. The summed E-state index contributed by atoms with van der Waals surface area (Å²) in [5.41, 5.74) is 0.338. The lowest BCUT2D eigenvalue weighted by molar-refractivity contribution is -0.148. The van der Waals surface area contributed by atoms with Gasteiger partial charge < -0.3 is 9.64 Å². The maximum absolute atomic E-state index is 13.6. The highest BCUT2D eigenvalue weighted by Crippen LogP contribution is 2.25. The van der Waals surface area contributed by atoms with Crippen molar-refractivity contribution in [1.29, 1.82) is 0 Å². The normalized spacial score (nSPS) is 11.7. The van der Waals surface area contributed by atoms with E-state index in [1.807, 2.05) is 0 Å². The Balaban J connectivity index is 2.42. The molecule has 0 aliphatic rings. The average molecular weight is 413 g/mol. The summed E-state index contributed by atoms with van der Waals surface area (Å²) in [5.74, 6) is -3.42. The predicted molar refractivity (Wildman–Crippen MR) is 89.8 cm³/mol. The van der Waals surface area contributed by atoms with Crippen LogP contribution in [0.3, 0.4) is 0 Å². The first-order chi connectivity index (χ1) is 11.8. The Morgan fingerprint density at radius 2 is 1.96 bits per heavy atom. The molecule has 0 unspecified atom stereocenters. The summed E-state index contributed by atoms with van der Waals surface area (Å²) in [6, 6.07) is 3.33. The SMILES string of the molecule is CCOC(=O)[C@H](c1ccc(F)c(F)c1)N(C)C(=O)c1cncc(Br)c1. The lowest BCUT2D eigenvalue weighted by Crippen LogP contribution is -2.37. The molecule has 0 spiro atoms. The quantitative estimate of drug-likeness (QED) is 0.705. The third-order valence-electron chi connectivity index (χ3n) is 3.43. The lowest BCUT2D eigenvalue weighted by Gasteiger charge is -2.27. The number of hydrogen-bond donors (Lipinski definition) is 0. The van der Waals surface area contributed by atoms with Crippen LogP contribution in [0.15, 0.2) is 41.1 Å². The van der Waals surface area contributed by atoms with Crippen LogP contribution in [-0.4, -0.2) is 35.4 Å². The summed E-state index contributed by atoms with van der Waals surface area (Å²) in [4.78, 5) is 30.0. The molecule has 0 saturated heterocycles. The fraction of sp³-hybridized carbons (Fsp3) is 0.235. The van der Waals surface area contributed by atoms with E-state index in [-0.39, 0.29) is 17.7 Å². The summed E-state index contributed by atoms with van der Waals surface area (Å²) >= 11 is 3.22. The van der Waals surface area contributed by atoms with Gasteiger partial charge in [0.15, 0.2) is 17.7 Å². The Labute approximate surface area is 151 Å². The number of nitrogens with zero attached hydrogens (tertiary/aromatic N) is 2. The van der Waals surface area contributed by atoms with E-state index < -0.39 is 29.6 Å². The van der Waals surface area contributed by atoms with Crippen molar-refractivity contribution in [3.05, 3.63) is 63.9 Å². The molecular weight excluding hydrogens is 398 g/mol. The third kappa shape index (κ3) is 4.39. The van der Waals surface area contributed by atoms with Gasteiger partial charge in [-0.1, -0.05) is 6.07 Å². The number of halogens is 3. The number of aromatic nitrogens is 1. The average Bonchev–Trinajstić information content (AvgIpc) is 2.57. The van der Waals surface area contributed by atoms with Crippen LogP contribution in [0.5, 0.6) is 0 Å². The molecule has 132 valence electrons. The van der Waals surface area contributed by atoms with Crippen LogP contribution in [0.1, 0.15) is 28.9 Å². The maximum Gasteiger partial charge on any atom is 0.333 e. The van der Waals surface area contributed by atoms with E-state index in [4.69, 9.17) is 4.74 Å². The van der Waals surface area contributed by atoms with Crippen molar-refractivity contribution >= 4 is 27.8 Å². The van der Waals surface area contributed by atoms with Gasteiger partial charge in [-0.3, -0.25) is 9.78 Å². The van der Waals surface area contributed by atoms with Crippen LogP contribution in [0.2, 0.25) is 0 Å². The van der Waals surface area contributed by atoms with Crippen LogP contribution in [0, 0.1) is 11.6 Å². The van der Waals surface area contributed by atoms with Gasteiger partial charge in [0, 0.05) is 23.9 Å². The number of amides is 1. The molecule has 2 aromatic rings. The molecule has 0 bridgehead atoms. The van der Waals surface area contributed by atoms with E-state index in [1.54, 1.807) is 13.0 Å². The minimum atomic E-state index is -1.22. The van der Waals surface area contributed by atoms with E-state index in [0.29, 0.717) is 4.47 Å². The van der Waals surface area contributed by atoms with Gasteiger partial charge in [-0.05, 0) is 46.6 Å². The zero-order chi connectivity index (χ0) is 18.6. The topological polar surface area (TPSA) is 59.5 Å². The molecule has 8 heteroatoms. The third-order valence-corrected chi connectivity index (χ3v) is 3.86. The molecule has 2 rings (SSSR count). The summed E-state index contributed by atoms with van der Waals surface area (Å²) in [6.07, 6.45) is 2.85. The first kappa shape index (κ1) is 19.0. The summed E-state index contributed by atoms with van der Waals surface area (Å²) in [6.45, 7) is 1.69. The first-order valence-electron chi connectivity index (χ1n) is 7.34. The number of likely N-dealkylation sites (N-methyl/N-ethyl adjacent to an activating group) is 1. The van der Waals surface area contributed by atoms with Crippen molar-refractivity contribution in [3.8, 4) is 0 Å². The first-order valence-corrected chi connectivity index (χ1v) is 8.13. The number of pyridine rings is 1. The van der Waals surface area contributed by atoms with Gasteiger partial charge in [0.1, 0.15) is 0 Å². The highest BCUT2D eigenvalue weighted by atomic mass is 79.9. The number of carbonyl (C=O) groups excluding carboxylic acids is 2. The van der Waals surface area contributed by atoms with Crippen molar-refractivity contribution in [2.75, 3.05) is 13.7 Å². The van der Waals surface area contributed by atoms with E-state index in [1.165, 1.54) is 25.5 Å². The number of esters is 1. The molecule has 1 aromatic carbocycles. The lowest BCUT2D eigenvalue weighted by atomic mass is 10.0. The predicted octanol–water partition coefficient (Wildman–Crippen LogP) is 3.50. The summed E-state index contributed by atoms with van der Waals surface area (Å²) in [5, 5.41) is 0. The van der Waals surface area contributed by atoms with E-state index in [2.05, 4.69) is 20.9 Å². The molecule has 0 aliphatic heterocycles. The zero-order valence-corrected chi connectivity index (χ0v) is 15.1. The van der Waals surface area contributed by atoms with Crippen molar-refractivity contribution < 1.29 is 23.1 Å². The molecule has 25 heavy (non-hydrogen) atoms. The molecular formula is C17H15BrF2N2O3. The van der Waals surface area contributed by atoms with Crippen LogP contribution < -0.4 is 0 Å². The van der Waals surface area contributed by atoms with E-state index in [0.717, 1.165) is 17.0 Å². The molecule has 1 amide bonds. The molecule has 0 aliphatic carbocycles. The molecule has 5 nitrogen and oxygen atoms in total. The van der Waals surface area contributed by atoms with Gasteiger partial charge >= 0.3 is 5.97 Å². The number of rotatable bonds is 5. The standard InChI is InChI=1S/C17H15BrF2N2O3/c1-3-25-17(24)15(10-4-5-13(19)14(20)7-10)22(2)16(23)11-6-12(18)9-21-8-11/h4-9,15H,3H2,1-2H3/t15-/m0/s1. The van der Waals surface area contributed by atoms with Crippen molar-refractivity contribution in [2.45, 2.75) is 13.0 Å². The van der Waals surface area contributed by atoms with E-state index >= 15 is 0 Å². The van der Waals surface area contributed by atoms with Gasteiger partial charge in [-0.15, -0.1) is 0 Å². The molecule has 1 heterocycles. The fourth-order valence-corrected chi connectivity index (χ4v) is 2.64. The van der Waals surface area contributed by atoms with Crippen LogP contribution >= 0.6 is 15.9 Å². The van der Waals surface area contributed by atoms with E-state index in [9.17, 15) is 18.4 Å². The molecule has 0 N–H and O–H groups in total. The maximum atomic E-state index is 13.6. The second-order valence-electron chi connectivity index (χ2n) is 5.14. The largest absolute Gasteiger partial charge is 0.464 e. The number of ether oxygens (including phenoxy) is 1. The monoisotopic (exact) mass is 412 g/mol. The number of carbonyl (C=O) groups is 2. The van der Waals surface area contributed by atoms with Crippen molar-refractivity contribution in [2.24, 2.45) is 0 Å². The van der Waals surface area contributed by atoms with Crippen LogP contribution in [-0.2, 0) is 9.53 Å². The van der Waals surface area contributed by atoms with Gasteiger partial charge in [0.05, 0.1) is 12.2 Å². The second kappa shape index (κ2) is 8.15. The molecule has 1 aromatic heterocycles. The van der Waals surface area contributed by atoms with Crippen molar-refractivity contribution in [3.63, 3.8) is 0 Å². The Bertz CT molecular complexity index is 801. The Morgan fingerprint density at radius 1 is 1.24 bits per heavy atom. The minimum absolute atomic E-state index is 0.0828. The van der Waals surface area contributed by atoms with Gasteiger partial charge in [0.2, 0.25) is 0 Å². The summed E-state index contributed by atoms with van der Waals surface area (Å²) in [7, 11) is 1.38. The smallest absolute Gasteiger partial charge is 0.333 e. The molecule has 0 radical (unpaired) electrons.